The van der Waals surface area contributed by atoms with E-state index in [2.05, 4.69) is 15.0 Å². The fourth-order valence-corrected chi connectivity index (χ4v) is 3.89. The first kappa shape index (κ1) is 18.4. The van der Waals surface area contributed by atoms with E-state index in [-0.39, 0.29) is 10.7 Å². The molecule has 0 aliphatic heterocycles. The van der Waals surface area contributed by atoms with Crippen molar-refractivity contribution in [3.05, 3.63) is 59.6 Å². The molecule has 0 fully saturated rings. The van der Waals surface area contributed by atoms with Crippen molar-refractivity contribution in [1.29, 1.82) is 0 Å². The zero-order chi connectivity index (χ0) is 20.1. The van der Waals surface area contributed by atoms with E-state index in [4.69, 9.17) is 17.3 Å². The lowest BCUT2D eigenvalue weighted by atomic mass is 10.1. The van der Waals surface area contributed by atoms with Crippen molar-refractivity contribution in [1.82, 2.24) is 19.4 Å². The molecule has 0 saturated carbocycles. The molecular weight excluding hydrogens is 398 g/mol. The largest absolute Gasteiger partial charge is 0.381 e. The number of aryl methyl sites for hydroxylation is 1. The average Bonchev–Trinajstić information content (AvgIpc) is 3.06. The van der Waals surface area contributed by atoms with Crippen LogP contribution in [0.25, 0.3) is 28.2 Å². The molecule has 0 radical (unpaired) electrons. The molecule has 4 rings (SSSR count). The van der Waals surface area contributed by atoms with Gasteiger partial charge in [-0.1, -0.05) is 17.7 Å². The molecule has 0 spiro atoms. The number of hydrogen-bond acceptors (Lipinski definition) is 6. The lowest BCUT2D eigenvalue weighted by Crippen LogP contribution is -2.02. The minimum absolute atomic E-state index is 0.238. The Balaban J connectivity index is 1.99. The van der Waals surface area contributed by atoms with Crippen molar-refractivity contribution >= 4 is 32.9 Å². The predicted octanol–water partition coefficient (Wildman–Crippen LogP) is 3.41. The molecule has 7 nitrogen and oxygen atoms in total. The molecule has 0 atom stereocenters. The Labute approximate surface area is 166 Å². The minimum Gasteiger partial charge on any atom is -0.381 e. The third kappa shape index (κ3) is 3.10. The summed E-state index contributed by atoms with van der Waals surface area (Å²) in [7, 11) is -3.34. The maximum absolute atomic E-state index is 12.0. The van der Waals surface area contributed by atoms with E-state index >= 15 is 0 Å². The molecule has 0 amide bonds. The van der Waals surface area contributed by atoms with Crippen LogP contribution in [0.5, 0.6) is 0 Å². The van der Waals surface area contributed by atoms with Crippen LogP contribution in [0.15, 0.2) is 53.9 Å². The van der Waals surface area contributed by atoms with Crippen LogP contribution in [0.1, 0.15) is 5.56 Å². The van der Waals surface area contributed by atoms with Crippen molar-refractivity contribution in [2.45, 2.75) is 11.8 Å². The Morgan fingerprint density at radius 2 is 1.93 bits per heavy atom. The summed E-state index contributed by atoms with van der Waals surface area (Å²) in [6, 6.07) is 6.76. The van der Waals surface area contributed by atoms with Crippen LogP contribution in [0, 0.1) is 6.92 Å². The van der Waals surface area contributed by atoms with E-state index in [9.17, 15) is 8.42 Å². The van der Waals surface area contributed by atoms with Gasteiger partial charge in [0.25, 0.3) is 0 Å². The molecule has 142 valence electrons. The fourth-order valence-electron chi connectivity index (χ4n) is 3.03. The highest BCUT2D eigenvalue weighted by Crippen LogP contribution is 2.31. The van der Waals surface area contributed by atoms with Crippen molar-refractivity contribution in [2.24, 2.45) is 0 Å². The Kier molecular flexibility index (Phi) is 4.32. The lowest BCUT2D eigenvalue weighted by molar-refractivity contribution is 0.602. The van der Waals surface area contributed by atoms with Gasteiger partial charge in [0.2, 0.25) is 0 Å². The van der Waals surface area contributed by atoms with Gasteiger partial charge in [0.15, 0.2) is 21.3 Å². The summed E-state index contributed by atoms with van der Waals surface area (Å²) < 4.78 is 25.8. The van der Waals surface area contributed by atoms with Crippen molar-refractivity contribution < 1.29 is 8.42 Å². The van der Waals surface area contributed by atoms with Gasteiger partial charge in [-0.2, -0.15) is 0 Å². The Morgan fingerprint density at radius 3 is 2.64 bits per heavy atom. The number of anilines is 1. The van der Waals surface area contributed by atoms with Crippen molar-refractivity contribution in [2.75, 3.05) is 12.0 Å². The number of nitrogen functional groups attached to an aromatic ring is 1. The second kappa shape index (κ2) is 6.57. The minimum atomic E-state index is -3.34. The highest BCUT2D eigenvalue weighted by atomic mass is 35.5. The van der Waals surface area contributed by atoms with Gasteiger partial charge in [-0.3, -0.25) is 9.38 Å². The van der Waals surface area contributed by atoms with Crippen LogP contribution < -0.4 is 5.73 Å². The van der Waals surface area contributed by atoms with Crippen molar-refractivity contribution in [3.8, 4) is 22.5 Å². The molecule has 3 aromatic heterocycles. The molecule has 2 N–H and O–H groups in total. The van der Waals surface area contributed by atoms with Gasteiger partial charge < -0.3 is 5.73 Å². The number of fused-ring (bicyclic) bond motifs is 1. The van der Waals surface area contributed by atoms with Crippen molar-refractivity contribution in [3.63, 3.8) is 0 Å². The molecule has 0 unspecified atom stereocenters. The zero-order valence-electron chi connectivity index (χ0n) is 15.1. The van der Waals surface area contributed by atoms with Crippen LogP contribution in [0.2, 0.25) is 5.02 Å². The predicted molar refractivity (Wildman–Crippen MR) is 109 cm³/mol. The van der Waals surface area contributed by atoms with Gasteiger partial charge in [0, 0.05) is 36.0 Å². The highest BCUT2D eigenvalue weighted by molar-refractivity contribution is 7.90. The maximum atomic E-state index is 12.0. The first-order valence-corrected chi connectivity index (χ1v) is 10.6. The SMILES string of the molecule is Cc1ccc(S(C)(=O)=O)cc1-c1cnc2c(N)nc(-c3ccncc3Cl)cn12. The van der Waals surface area contributed by atoms with Gasteiger partial charge in [-0.25, -0.2) is 18.4 Å². The van der Waals surface area contributed by atoms with Gasteiger partial charge >= 0.3 is 0 Å². The molecule has 0 saturated heterocycles. The van der Waals surface area contributed by atoms with E-state index in [1.807, 2.05) is 6.92 Å². The van der Waals surface area contributed by atoms with E-state index in [1.165, 1.54) is 12.5 Å². The van der Waals surface area contributed by atoms with Crippen LogP contribution >= 0.6 is 11.6 Å². The van der Waals surface area contributed by atoms with Gasteiger partial charge in [0.05, 0.1) is 27.5 Å². The second-order valence-electron chi connectivity index (χ2n) is 6.45. The Hall–Kier alpha value is -2.97. The number of aromatic nitrogens is 4. The number of hydrogen-bond donors (Lipinski definition) is 1. The third-order valence-electron chi connectivity index (χ3n) is 4.48. The number of halogens is 1. The molecular formula is C19H16ClN5O2S. The number of nitrogens with two attached hydrogens (primary N) is 1. The fraction of sp³-hybridized carbons (Fsp3) is 0.105. The molecule has 28 heavy (non-hydrogen) atoms. The van der Waals surface area contributed by atoms with Crippen LogP contribution in [0.4, 0.5) is 5.82 Å². The lowest BCUT2D eigenvalue weighted by Gasteiger charge is -2.10. The summed E-state index contributed by atoms with van der Waals surface area (Å²) >= 11 is 6.25. The second-order valence-corrected chi connectivity index (χ2v) is 8.88. The first-order valence-electron chi connectivity index (χ1n) is 8.30. The zero-order valence-corrected chi connectivity index (χ0v) is 16.7. The normalized spacial score (nSPS) is 11.8. The number of pyridine rings is 1. The molecule has 0 aliphatic rings. The van der Waals surface area contributed by atoms with E-state index < -0.39 is 9.84 Å². The van der Waals surface area contributed by atoms with E-state index in [0.29, 0.717) is 27.6 Å². The Bertz CT molecular complexity index is 1330. The monoisotopic (exact) mass is 413 g/mol. The van der Waals surface area contributed by atoms with E-state index in [0.717, 1.165) is 11.1 Å². The van der Waals surface area contributed by atoms with E-state index in [1.54, 1.807) is 47.3 Å². The molecule has 3 heterocycles. The summed E-state index contributed by atoms with van der Waals surface area (Å²) in [6.07, 6.45) is 7.77. The number of nitrogens with zero attached hydrogens (tertiary/aromatic N) is 4. The number of imidazole rings is 1. The number of sulfone groups is 1. The van der Waals surface area contributed by atoms with Gasteiger partial charge in [0.1, 0.15) is 0 Å². The topological polar surface area (TPSA) is 103 Å². The smallest absolute Gasteiger partial charge is 0.180 e. The summed E-state index contributed by atoms with van der Waals surface area (Å²) in [5, 5.41) is 0.450. The average molecular weight is 414 g/mol. The molecule has 1 aromatic carbocycles. The molecule has 0 bridgehead atoms. The quantitative estimate of drug-likeness (QED) is 0.552. The molecule has 9 heteroatoms. The summed E-state index contributed by atoms with van der Waals surface area (Å²) in [6.45, 7) is 1.91. The van der Waals surface area contributed by atoms with Gasteiger partial charge in [-0.15, -0.1) is 0 Å². The molecule has 4 aromatic rings. The third-order valence-corrected chi connectivity index (χ3v) is 5.89. The maximum Gasteiger partial charge on any atom is 0.180 e. The van der Waals surface area contributed by atoms with Crippen LogP contribution in [-0.4, -0.2) is 34.0 Å². The number of benzene rings is 1. The summed E-state index contributed by atoms with van der Waals surface area (Å²) in [4.78, 5) is 13.0. The Morgan fingerprint density at radius 1 is 1.14 bits per heavy atom. The number of rotatable bonds is 3. The van der Waals surface area contributed by atoms with Crippen LogP contribution in [-0.2, 0) is 9.84 Å². The summed E-state index contributed by atoms with van der Waals surface area (Å²) in [5.74, 6) is 0.244. The van der Waals surface area contributed by atoms with Gasteiger partial charge in [-0.05, 0) is 30.7 Å². The highest BCUT2D eigenvalue weighted by Gasteiger charge is 2.17. The van der Waals surface area contributed by atoms with Crippen LogP contribution in [0.3, 0.4) is 0 Å². The summed E-state index contributed by atoms with van der Waals surface area (Å²) in [5.41, 5.74) is 10.2. The standard InChI is InChI=1S/C19H16ClN5O2S/c1-11-3-4-12(28(2,26)27)7-14(11)17-9-23-19-18(21)24-16(10-25(17)19)13-5-6-22-8-15(13)20/h3-10H,1-2H3,(H2,21,24). The first-order chi connectivity index (χ1) is 13.3. The molecule has 0 aliphatic carbocycles.